The number of ether oxygens (including phenoxy) is 1. The second-order valence-electron chi connectivity index (χ2n) is 10.9. The third-order valence-electron chi connectivity index (χ3n) is 8.32. The molecule has 5 rings (SSSR count). The highest BCUT2D eigenvalue weighted by atomic mass is 16.5. The number of ketones is 2. The topological polar surface area (TPSA) is 102 Å². The van der Waals surface area contributed by atoms with Gasteiger partial charge in [-0.1, -0.05) is 19.8 Å². The van der Waals surface area contributed by atoms with Gasteiger partial charge in [0.25, 0.3) is 0 Å². The fraction of sp³-hybridized carbons (Fsp3) is 0.704. The van der Waals surface area contributed by atoms with Gasteiger partial charge in [0, 0.05) is 37.2 Å². The zero-order valence-electron chi connectivity index (χ0n) is 21.2. The van der Waals surface area contributed by atoms with Gasteiger partial charge in [-0.3, -0.25) is 9.59 Å². The maximum absolute atomic E-state index is 13.5. The largest absolute Gasteiger partial charge is 0.476 e. The van der Waals surface area contributed by atoms with Crippen molar-refractivity contribution in [3.8, 4) is 5.88 Å². The number of likely N-dealkylation sites (N-methyl/N-ethyl adjacent to an activating group) is 1. The second-order valence-corrected chi connectivity index (χ2v) is 10.9. The molecule has 0 spiro atoms. The number of fused-ring (bicyclic) bond motifs is 1. The van der Waals surface area contributed by atoms with Gasteiger partial charge in [0.2, 0.25) is 5.88 Å². The summed E-state index contributed by atoms with van der Waals surface area (Å²) in [5.74, 6) is 2.51. The Balaban J connectivity index is 1.45. The first-order chi connectivity index (χ1) is 16.9. The fourth-order valence-corrected chi connectivity index (χ4v) is 5.97. The molecule has 2 aliphatic carbocycles. The van der Waals surface area contributed by atoms with E-state index in [-0.39, 0.29) is 11.6 Å². The molecule has 0 aromatic carbocycles. The highest BCUT2D eigenvalue weighted by Crippen LogP contribution is 2.46. The minimum Gasteiger partial charge on any atom is -0.476 e. The number of carbonyl (C=O) groups is 2. The van der Waals surface area contributed by atoms with E-state index >= 15 is 0 Å². The maximum atomic E-state index is 13.5. The second kappa shape index (κ2) is 10.2. The van der Waals surface area contributed by atoms with Crippen molar-refractivity contribution in [3.63, 3.8) is 0 Å². The number of aromatic nitrogens is 2. The number of nitrogens with two attached hydrogens (primary N) is 1. The Kier molecular flexibility index (Phi) is 7.09. The zero-order chi connectivity index (χ0) is 24.5. The molecule has 2 aliphatic heterocycles. The van der Waals surface area contributed by atoms with Crippen molar-refractivity contribution in [2.75, 3.05) is 38.2 Å². The first-order valence-corrected chi connectivity index (χ1v) is 13.5. The molecule has 4 aliphatic rings. The number of piperidine rings is 1. The SMILES string of the molecule is CCC/C(C(=O)[C@H]1CCCCC1=O)=C(/N)c1nc(OCC2CCCN2C)cc(N2CC3CC3C2)n1. The summed E-state index contributed by atoms with van der Waals surface area (Å²) in [5, 5.41) is 0. The van der Waals surface area contributed by atoms with Crippen molar-refractivity contribution >= 4 is 23.1 Å². The minimum atomic E-state index is -0.577. The summed E-state index contributed by atoms with van der Waals surface area (Å²) >= 11 is 0. The van der Waals surface area contributed by atoms with Crippen molar-refractivity contribution in [2.45, 2.75) is 70.8 Å². The van der Waals surface area contributed by atoms with E-state index in [0.717, 1.165) is 63.0 Å². The van der Waals surface area contributed by atoms with Gasteiger partial charge in [-0.05, 0) is 64.0 Å². The van der Waals surface area contributed by atoms with E-state index < -0.39 is 5.92 Å². The molecule has 3 heterocycles. The number of nitrogens with zero attached hydrogens (tertiary/aromatic N) is 4. The number of carbonyl (C=O) groups excluding carboxylic acids is 2. The Morgan fingerprint density at radius 1 is 1.17 bits per heavy atom. The van der Waals surface area contributed by atoms with E-state index in [4.69, 9.17) is 15.5 Å². The number of allylic oxidation sites excluding steroid dienone is 1. The van der Waals surface area contributed by atoms with Crippen LogP contribution in [0.5, 0.6) is 5.88 Å². The van der Waals surface area contributed by atoms with E-state index in [1.165, 1.54) is 12.8 Å². The quantitative estimate of drug-likeness (QED) is 0.424. The first kappa shape index (κ1) is 24.2. The lowest BCUT2D eigenvalue weighted by Crippen LogP contribution is -2.31. The summed E-state index contributed by atoms with van der Waals surface area (Å²) < 4.78 is 6.19. The Morgan fingerprint density at radius 3 is 2.66 bits per heavy atom. The van der Waals surface area contributed by atoms with Crippen molar-refractivity contribution in [3.05, 3.63) is 17.5 Å². The molecule has 4 atom stereocenters. The average Bonchev–Trinajstić information content (AvgIpc) is 3.25. The van der Waals surface area contributed by atoms with E-state index in [0.29, 0.717) is 54.9 Å². The Bertz CT molecular complexity index is 999. The molecule has 2 N–H and O–H groups in total. The van der Waals surface area contributed by atoms with Gasteiger partial charge in [-0.15, -0.1) is 0 Å². The van der Waals surface area contributed by atoms with Crippen LogP contribution in [0.2, 0.25) is 0 Å². The predicted molar refractivity (Wildman–Crippen MR) is 135 cm³/mol. The predicted octanol–water partition coefficient (Wildman–Crippen LogP) is 3.20. The van der Waals surface area contributed by atoms with Gasteiger partial charge in [0.1, 0.15) is 18.2 Å². The molecule has 0 amide bonds. The lowest BCUT2D eigenvalue weighted by molar-refractivity contribution is -0.132. The number of hydrogen-bond donors (Lipinski definition) is 1. The molecule has 3 unspecified atom stereocenters. The van der Waals surface area contributed by atoms with Crippen LogP contribution in [0.3, 0.4) is 0 Å². The first-order valence-electron chi connectivity index (χ1n) is 13.5. The van der Waals surface area contributed by atoms with Gasteiger partial charge in [0.05, 0.1) is 11.6 Å². The molecule has 4 fully saturated rings. The molecule has 8 heteroatoms. The van der Waals surface area contributed by atoms with Crippen LogP contribution in [-0.2, 0) is 9.59 Å². The van der Waals surface area contributed by atoms with E-state index in [1.807, 2.05) is 13.0 Å². The average molecular weight is 482 g/mol. The molecule has 8 nitrogen and oxygen atoms in total. The Hall–Kier alpha value is -2.48. The third kappa shape index (κ3) is 5.22. The van der Waals surface area contributed by atoms with Crippen LogP contribution in [0.4, 0.5) is 5.82 Å². The maximum Gasteiger partial charge on any atom is 0.219 e. The molecule has 35 heavy (non-hydrogen) atoms. The summed E-state index contributed by atoms with van der Waals surface area (Å²) in [5.41, 5.74) is 7.42. The van der Waals surface area contributed by atoms with Crippen molar-refractivity contribution in [1.29, 1.82) is 0 Å². The summed E-state index contributed by atoms with van der Waals surface area (Å²) in [6.07, 6.45) is 7.73. The number of Topliss-reactive ketones (excluding diaryl/α,β-unsaturated/α-hetero) is 2. The standard InChI is InChI=1S/C27H39N5O3/c1-3-7-21(26(34)20-9-4-5-10-22(20)33)25(28)27-29-23(32-14-17-12-18(17)15-32)13-24(30-27)35-16-19-8-6-11-31(19)2/h13,17-20H,3-12,14-16,28H2,1-2H3/b25-21-/t17?,18?,19?,20-/m0/s1. The van der Waals surface area contributed by atoms with Crippen LogP contribution >= 0.6 is 0 Å². The van der Waals surface area contributed by atoms with E-state index in [9.17, 15) is 9.59 Å². The molecule has 1 aromatic heterocycles. The summed E-state index contributed by atoms with van der Waals surface area (Å²) in [7, 11) is 2.13. The normalized spacial score (nSPS) is 29.2. The van der Waals surface area contributed by atoms with Crippen LogP contribution in [0.25, 0.3) is 5.70 Å². The van der Waals surface area contributed by atoms with Gasteiger partial charge in [-0.25, -0.2) is 4.98 Å². The summed E-state index contributed by atoms with van der Waals surface area (Å²) in [6.45, 7) is 5.66. The number of rotatable bonds is 9. The molecule has 0 bridgehead atoms. The third-order valence-corrected chi connectivity index (χ3v) is 8.32. The van der Waals surface area contributed by atoms with Gasteiger partial charge in [-0.2, -0.15) is 4.98 Å². The smallest absolute Gasteiger partial charge is 0.219 e. The number of anilines is 1. The fourth-order valence-electron chi connectivity index (χ4n) is 5.97. The molecule has 2 saturated carbocycles. The number of likely N-dealkylation sites (tertiary alicyclic amines) is 1. The monoisotopic (exact) mass is 481 g/mol. The van der Waals surface area contributed by atoms with Gasteiger partial charge >= 0.3 is 0 Å². The molecular formula is C27H39N5O3. The molecule has 1 aromatic rings. The van der Waals surface area contributed by atoms with Gasteiger partial charge in [0.15, 0.2) is 11.6 Å². The van der Waals surface area contributed by atoms with Gasteiger partial charge < -0.3 is 20.3 Å². The van der Waals surface area contributed by atoms with Crippen LogP contribution in [0.15, 0.2) is 11.6 Å². The van der Waals surface area contributed by atoms with Crippen molar-refractivity contribution in [2.24, 2.45) is 23.5 Å². The lowest BCUT2D eigenvalue weighted by Gasteiger charge is -2.23. The highest BCUT2D eigenvalue weighted by Gasteiger charge is 2.45. The van der Waals surface area contributed by atoms with Crippen LogP contribution in [-0.4, -0.2) is 65.8 Å². The van der Waals surface area contributed by atoms with Crippen LogP contribution < -0.4 is 15.4 Å². The van der Waals surface area contributed by atoms with Crippen molar-refractivity contribution < 1.29 is 14.3 Å². The summed E-state index contributed by atoms with van der Waals surface area (Å²) in [4.78, 5) is 40.1. The van der Waals surface area contributed by atoms with Crippen LogP contribution in [0, 0.1) is 17.8 Å². The number of hydrogen-bond acceptors (Lipinski definition) is 8. The van der Waals surface area contributed by atoms with Crippen LogP contribution in [0.1, 0.15) is 70.5 Å². The summed E-state index contributed by atoms with van der Waals surface area (Å²) in [6, 6.07) is 2.29. The lowest BCUT2D eigenvalue weighted by atomic mass is 9.81. The zero-order valence-corrected chi connectivity index (χ0v) is 21.2. The molecule has 2 saturated heterocycles. The van der Waals surface area contributed by atoms with Crippen molar-refractivity contribution in [1.82, 2.24) is 14.9 Å². The minimum absolute atomic E-state index is 0.0401. The molecular weight excluding hydrogens is 442 g/mol. The van der Waals surface area contributed by atoms with E-state index in [1.54, 1.807) is 0 Å². The highest BCUT2D eigenvalue weighted by molar-refractivity contribution is 6.13. The van der Waals surface area contributed by atoms with E-state index in [2.05, 4.69) is 21.8 Å². The molecule has 190 valence electrons. The molecule has 0 radical (unpaired) electrons. The Morgan fingerprint density at radius 2 is 1.97 bits per heavy atom. The Labute approximate surface area is 208 Å².